The van der Waals surface area contributed by atoms with Gasteiger partial charge in [0, 0.05) is 30.4 Å². The largest absolute Gasteiger partial charge is 0.420 e. The van der Waals surface area contributed by atoms with Gasteiger partial charge in [0.05, 0.1) is 11.3 Å². The molecule has 0 radical (unpaired) electrons. The molecule has 2 aromatic rings. The molecule has 2 heterocycles. The molecule has 0 spiro atoms. The number of aromatic nitrogens is 4. The van der Waals surface area contributed by atoms with E-state index in [1.807, 2.05) is 27.0 Å². The number of hydrogen-bond donors (Lipinski definition) is 0. The molecule has 2 unspecified atom stereocenters. The number of nitrogens with zero attached hydrogens (tertiary/aromatic N) is 5. The summed E-state index contributed by atoms with van der Waals surface area (Å²) in [6.45, 7) is 7.72. The molecule has 0 saturated heterocycles. The highest BCUT2D eigenvalue weighted by molar-refractivity contribution is 6.04. The van der Waals surface area contributed by atoms with Crippen LogP contribution in [-0.4, -0.2) is 25.8 Å². The molecule has 7 nitrogen and oxygen atoms in total. The van der Waals surface area contributed by atoms with Gasteiger partial charge in [-0.25, -0.2) is 0 Å². The fourth-order valence-corrected chi connectivity index (χ4v) is 4.88. The Bertz CT molecular complexity index is 1000. The van der Waals surface area contributed by atoms with Gasteiger partial charge in [0.2, 0.25) is 5.89 Å². The average molecular weight is 351 g/mol. The SMILES string of the molecule is Cc1nnc(-c2c3c(nn2C)C2(C)C=C(C#N)C(=O)C(C)(C)C2CC3)o1. The second-order valence-electron chi connectivity index (χ2n) is 8.02. The first-order chi connectivity index (χ1) is 12.2. The fraction of sp³-hybridized carbons (Fsp3) is 0.526. The molecule has 0 aliphatic heterocycles. The minimum atomic E-state index is -0.606. The van der Waals surface area contributed by atoms with Gasteiger partial charge >= 0.3 is 0 Å². The Morgan fingerprint density at radius 1 is 1.35 bits per heavy atom. The van der Waals surface area contributed by atoms with Gasteiger partial charge in [0.1, 0.15) is 11.8 Å². The molecular weight excluding hydrogens is 330 g/mol. The van der Waals surface area contributed by atoms with Crippen molar-refractivity contribution >= 4 is 5.78 Å². The summed E-state index contributed by atoms with van der Waals surface area (Å²) >= 11 is 0. The lowest BCUT2D eigenvalue weighted by Gasteiger charge is -2.49. The van der Waals surface area contributed by atoms with Crippen molar-refractivity contribution in [2.75, 3.05) is 0 Å². The highest BCUT2D eigenvalue weighted by atomic mass is 16.4. The van der Waals surface area contributed by atoms with E-state index >= 15 is 0 Å². The molecule has 0 bridgehead atoms. The molecule has 0 N–H and O–H groups in total. The van der Waals surface area contributed by atoms with Gasteiger partial charge in [0.25, 0.3) is 5.89 Å². The van der Waals surface area contributed by atoms with Crippen LogP contribution in [0, 0.1) is 29.6 Å². The molecule has 4 rings (SSSR count). The van der Waals surface area contributed by atoms with Gasteiger partial charge in [0.15, 0.2) is 5.78 Å². The van der Waals surface area contributed by atoms with Crippen LogP contribution in [0.5, 0.6) is 0 Å². The summed E-state index contributed by atoms with van der Waals surface area (Å²) in [4.78, 5) is 12.7. The number of Topliss-reactive ketones (excluding diaryl/α,β-unsaturated/α-hetero) is 1. The maximum absolute atomic E-state index is 12.7. The van der Waals surface area contributed by atoms with Crippen LogP contribution in [0.4, 0.5) is 0 Å². The van der Waals surface area contributed by atoms with Crippen molar-refractivity contribution in [1.82, 2.24) is 20.0 Å². The fourth-order valence-electron chi connectivity index (χ4n) is 4.88. The van der Waals surface area contributed by atoms with Crippen molar-refractivity contribution in [1.29, 1.82) is 5.26 Å². The van der Waals surface area contributed by atoms with Crippen molar-refractivity contribution in [3.63, 3.8) is 0 Å². The Hall–Kier alpha value is -2.75. The highest BCUT2D eigenvalue weighted by Gasteiger charge is 2.55. The molecular formula is C19H21N5O2. The molecule has 2 aliphatic rings. The van der Waals surface area contributed by atoms with Gasteiger partial charge in [-0.05, 0) is 18.8 Å². The first-order valence-corrected chi connectivity index (χ1v) is 8.74. The van der Waals surface area contributed by atoms with E-state index in [0.717, 1.165) is 29.8 Å². The predicted octanol–water partition coefficient (Wildman–Crippen LogP) is 2.66. The van der Waals surface area contributed by atoms with E-state index in [2.05, 4.69) is 23.2 Å². The van der Waals surface area contributed by atoms with Crippen LogP contribution >= 0.6 is 0 Å². The number of aryl methyl sites for hydroxylation is 2. The second-order valence-corrected chi connectivity index (χ2v) is 8.02. The molecule has 26 heavy (non-hydrogen) atoms. The zero-order chi connectivity index (χ0) is 18.9. The van der Waals surface area contributed by atoms with Gasteiger partial charge in [-0.3, -0.25) is 9.48 Å². The quantitative estimate of drug-likeness (QED) is 0.783. The molecule has 2 aromatic heterocycles. The van der Waals surface area contributed by atoms with E-state index in [4.69, 9.17) is 9.52 Å². The van der Waals surface area contributed by atoms with Gasteiger partial charge in [-0.1, -0.05) is 26.8 Å². The van der Waals surface area contributed by atoms with E-state index in [1.165, 1.54) is 0 Å². The summed E-state index contributed by atoms with van der Waals surface area (Å²) in [5.41, 5.74) is 1.92. The summed E-state index contributed by atoms with van der Waals surface area (Å²) in [6.07, 6.45) is 3.44. The third-order valence-electron chi connectivity index (χ3n) is 6.06. The van der Waals surface area contributed by atoms with Gasteiger partial charge in [-0.15, -0.1) is 10.2 Å². The minimum absolute atomic E-state index is 0.0744. The van der Waals surface area contributed by atoms with Crippen molar-refractivity contribution in [3.8, 4) is 17.7 Å². The van der Waals surface area contributed by atoms with Crippen LogP contribution < -0.4 is 0 Å². The smallest absolute Gasteiger partial charge is 0.266 e. The zero-order valence-corrected chi connectivity index (χ0v) is 15.6. The number of fused-ring (bicyclic) bond motifs is 3. The average Bonchev–Trinajstić information content (AvgIpc) is 3.14. The summed E-state index contributed by atoms with van der Waals surface area (Å²) in [5, 5.41) is 22.4. The second kappa shape index (κ2) is 5.13. The number of ketones is 1. The molecule has 0 saturated carbocycles. The normalized spacial score (nSPS) is 26.7. The maximum atomic E-state index is 12.7. The van der Waals surface area contributed by atoms with Crippen LogP contribution in [0.15, 0.2) is 16.1 Å². The predicted molar refractivity (Wildman–Crippen MR) is 92.9 cm³/mol. The number of allylic oxidation sites excluding steroid dienone is 2. The highest BCUT2D eigenvalue weighted by Crippen LogP contribution is 2.55. The number of carbonyl (C=O) groups excluding carboxylic acids is 1. The van der Waals surface area contributed by atoms with Crippen LogP contribution in [0.25, 0.3) is 11.6 Å². The lowest BCUT2D eigenvalue weighted by Crippen LogP contribution is -2.51. The van der Waals surface area contributed by atoms with Gasteiger partial charge < -0.3 is 4.42 Å². The first-order valence-electron chi connectivity index (χ1n) is 8.74. The molecule has 0 fully saturated rings. The van der Waals surface area contributed by atoms with Crippen molar-refractivity contribution in [3.05, 3.63) is 28.8 Å². The first kappa shape index (κ1) is 16.7. The monoisotopic (exact) mass is 351 g/mol. The number of nitriles is 1. The Balaban J connectivity index is 1.96. The van der Waals surface area contributed by atoms with E-state index in [0.29, 0.717) is 11.8 Å². The van der Waals surface area contributed by atoms with E-state index in [1.54, 1.807) is 11.6 Å². The van der Waals surface area contributed by atoms with Crippen LogP contribution in [0.2, 0.25) is 0 Å². The Kier molecular flexibility index (Phi) is 3.30. The summed E-state index contributed by atoms with van der Waals surface area (Å²) < 4.78 is 7.41. The maximum Gasteiger partial charge on any atom is 0.266 e. The Morgan fingerprint density at radius 3 is 2.69 bits per heavy atom. The Morgan fingerprint density at radius 2 is 2.08 bits per heavy atom. The number of hydrogen-bond acceptors (Lipinski definition) is 6. The number of carbonyl (C=O) groups is 1. The standard InChI is InChI=1S/C19H21N5O2/c1-10-21-22-17(26-10)14-12-6-7-13-18(2,3)16(25)11(9-20)8-19(13,4)15(12)23-24(14)5/h8,13H,6-7H2,1-5H3. The molecule has 2 atom stereocenters. The van der Waals surface area contributed by atoms with Crippen LogP contribution in [0.3, 0.4) is 0 Å². The van der Waals surface area contributed by atoms with Crippen LogP contribution in [0.1, 0.15) is 44.3 Å². The third kappa shape index (κ3) is 1.99. The van der Waals surface area contributed by atoms with Crippen molar-refractivity contribution in [2.45, 2.75) is 46.0 Å². The van der Waals surface area contributed by atoms with Crippen molar-refractivity contribution < 1.29 is 9.21 Å². The molecule has 134 valence electrons. The van der Waals surface area contributed by atoms with E-state index in [-0.39, 0.29) is 17.3 Å². The summed E-state index contributed by atoms with van der Waals surface area (Å²) in [5.74, 6) is 0.969. The Labute approximate surface area is 151 Å². The molecule has 7 heteroatoms. The topological polar surface area (TPSA) is 97.6 Å². The van der Waals surface area contributed by atoms with E-state index < -0.39 is 10.8 Å². The number of rotatable bonds is 1. The third-order valence-corrected chi connectivity index (χ3v) is 6.06. The summed E-state index contributed by atoms with van der Waals surface area (Å²) in [6, 6.07) is 2.09. The zero-order valence-electron chi connectivity index (χ0n) is 15.6. The van der Waals surface area contributed by atoms with Gasteiger partial charge in [-0.2, -0.15) is 10.4 Å². The van der Waals surface area contributed by atoms with Crippen molar-refractivity contribution in [2.24, 2.45) is 18.4 Å². The minimum Gasteiger partial charge on any atom is -0.420 e. The lowest BCUT2D eigenvalue weighted by atomic mass is 9.52. The summed E-state index contributed by atoms with van der Waals surface area (Å²) in [7, 11) is 1.86. The van der Waals surface area contributed by atoms with E-state index in [9.17, 15) is 10.1 Å². The molecule has 0 aromatic carbocycles. The van der Waals surface area contributed by atoms with Crippen LogP contribution in [-0.2, 0) is 23.7 Å². The molecule has 2 aliphatic carbocycles. The molecule has 0 amide bonds. The lowest BCUT2D eigenvalue weighted by molar-refractivity contribution is -0.128.